The Labute approximate surface area is 122 Å². The Bertz CT molecular complexity index is 671. The Morgan fingerprint density at radius 3 is 2.80 bits per heavy atom. The van der Waals surface area contributed by atoms with Crippen LogP contribution in [0.4, 0.5) is 0 Å². The molecule has 20 heavy (non-hydrogen) atoms. The third-order valence-electron chi connectivity index (χ3n) is 2.80. The summed E-state index contributed by atoms with van der Waals surface area (Å²) in [6.45, 7) is 0.549. The summed E-state index contributed by atoms with van der Waals surface area (Å²) in [5, 5.41) is 0.351. The normalized spacial score (nSPS) is 11.7. The second-order valence-electron chi connectivity index (χ2n) is 4.18. The minimum Gasteiger partial charge on any atom is -0.348 e. The molecular formula is C12H15ClN4O2S. The van der Waals surface area contributed by atoms with E-state index < -0.39 is 10.0 Å². The van der Waals surface area contributed by atoms with Gasteiger partial charge in [-0.2, -0.15) is 0 Å². The second kappa shape index (κ2) is 6.36. The Balaban J connectivity index is 2.04. The van der Waals surface area contributed by atoms with E-state index in [0.29, 0.717) is 17.0 Å². The van der Waals surface area contributed by atoms with Crippen LogP contribution in [-0.2, 0) is 23.0 Å². The third kappa shape index (κ3) is 3.57. The number of H-pyrrole nitrogens is 1. The van der Waals surface area contributed by atoms with Gasteiger partial charge in [0, 0.05) is 36.4 Å². The lowest BCUT2D eigenvalue weighted by Gasteiger charge is -2.08. The van der Waals surface area contributed by atoms with Crippen molar-refractivity contribution in [1.29, 1.82) is 0 Å². The Hall–Kier alpha value is -1.41. The van der Waals surface area contributed by atoms with E-state index in [1.807, 2.05) is 0 Å². The fraction of sp³-hybridized carbons (Fsp3) is 0.250. The minimum atomic E-state index is -3.57. The molecule has 0 saturated heterocycles. The first-order valence-electron chi connectivity index (χ1n) is 5.98. The highest BCUT2D eigenvalue weighted by Crippen LogP contribution is 2.20. The topological polar surface area (TPSA) is 101 Å². The number of hydrogen-bond acceptors (Lipinski definition) is 4. The number of sulfonamides is 1. The van der Waals surface area contributed by atoms with Gasteiger partial charge in [-0.05, 0) is 17.7 Å². The van der Waals surface area contributed by atoms with E-state index in [9.17, 15) is 8.42 Å². The second-order valence-corrected chi connectivity index (χ2v) is 6.36. The first kappa shape index (κ1) is 15.0. The Kier molecular flexibility index (Phi) is 4.77. The quantitative estimate of drug-likeness (QED) is 0.741. The number of imidazole rings is 1. The number of halogens is 1. The van der Waals surface area contributed by atoms with Gasteiger partial charge in [0.2, 0.25) is 10.0 Å². The van der Waals surface area contributed by atoms with Crippen molar-refractivity contribution in [2.75, 3.05) is 6.54 Å². The molecule has 2 aromatic rings. The van der Waals surface area contributed by atoms with E-state index in [2.05, 4.69) is 14.7 Å². The monoisotopic (exact) mass is 314 g/mol. The van der Waals surface area contributed by atoms with Crippen molar-refractivity contribution < 1.29 is 8.42 Å². The maximum absolute atomic E-state index is 12.1. The van der Waals surface area contributed by atoms with Crippen LogP contribution in [0.3, 0.4) is 0 Å². The van der Waals surface area contributed by atoms with Crippen LogP contribution < -0.4 is 10.5 Å². The molecule has 0 fully saturated rings. The number of nitrogens with one attached hydrogen (secondary N) is 2. The van der Waals surface area contributed by atoms with Gasteiger partial charge in [-0.25, -0.2) is 18.1 Å². The summed E-state index contributed by atoms with van der Waals surface area (Å²) in [6, 6.07) is 4.51. The van der Waals surface area contributed by atoms with Crippen molar-refractivity contribution in [1.82, 2.24) is 14.7 Å². The summed E-state index contributed by atoms with van der Waals surface area (Å²) >= 11 is 5.97. The van der Waals surface area contributed by atoms with Gasteiger partial charge in [-0.15, -0.1) is 0 Å². The molecule has 2 rings (SSSR count). The van der Waals surface area contributed by atoms with Crippen molar-refractivity contribution in [3.63, 3.8) is 0 Å². The molecule has 4 N–H and O–H groups in total. The molecule has 8 heteroatoms. The molecule has 6 nitrogen and oxygen atoms in total. The molecule has 1 aromatic heterocycles. The SMILES string of the molecule is NCc1ccc(S(=O)(=O)NCCc2cnc[nH]2)cc1Cl. The van der Waals surface area contributed by atoms with E-state index in [1.54, 1.807) is 18.6 Å². The highest BCUT2D eigenvalue weighted by Gasteiger charge is 2.15. The number of aromatic amines is 1. The number of nitrogens with two attached hydrogens (primary N) is 1. The third-order valence-corrected chi connectivity index (χ3v) is 4.61. The van der Waals surface area contributed by atoms with Gasteiger partial charge in [-0.3, -0.25) is 0 Å². The summed E-state index contributed by atoms with van der Waals surface area (Å²) in [5.41, 5.74) is 7.06. The van der Waals surface area contributed by atoms with Gasteiger partial charge >= 0.3 is 0 Å². The molecule has 0 aliphatic carbocycles. The highest BCUT2D eigenvalue weighted by molar-refractivity contribution is 7.89. The molecule has 0 atom stereocenters. The lowest BCUT2D eigenvalue weighted by Crippen LogP contribution is -2.26. The van der Waals surface area contributed by atoms with Crippen molar-refractivity contribution >= 4 is 21.6 Å². The summed E-state index contributed by atoms with van der Waals surface area (Å²) in [6.07, 6.45) is 3.74. The van der Waals surface area contributed by atoms with Gasteiger partial charge in [0.15, 0.2) is 0 Å². The molecule has 0 aliphatic rings. The zero-order valence-electron chi connectivity index (χ0n) is 10.6. The van der Waals surface area contributed by atoms with Gasteiger partial charge in [0.25, 0.3) is 0 Å². The number of rotatable bonds is 6. The smallest absolute Gasteiger partial charge is 0.240 e. The van der Waals surface area contributed by atoms with Crippen LogP contribution in [-0.4, -0.2) is 24.9 Å². The molecule has 0 spiro atoms. The maximum Gasteiger partial charge on any atom is 0.240 e. The van der Waals surface area contributed by atoms with E-state index >= 15 is 0 Å². The van der Waals surface area contributed by atoms with Crippen LogP contribution in [0.2, 0.25) is 5.02 Å². The van der Waals surface area contributed by atoms with Crippen molar-refractivity contribution in [3.05, 3.63) is 47.0 Å². The van der Waals surface area contributed by atoms with Gasteiger partial charge in [0.1, 0.15) is 0 Å². The minimum absolute atomic E-state index is 0.129. The van der Waals surface area contributed by atoms with Gasteiger partial charge < -0.3 is 10.7 Å². The van der Waals surface area contributed by atoms with Gasteiger partial charge in [-0.1, -0.05) is 17.7 Å². The van der Waals surface area contributed by atoms with Crippen molar-refractivity contribution in [2.24, 2.45) is 5.73 Å². The largest absolute Gasteiger partial charge is 0.348 e. The lowest BCUT2D eigenvalue weighted by atomic mass is 10.2. The summed E-state index contributed by atoms with van der Waals surface area (Å²) < 4.78 is 26.7. The molecule has 108 valence electrons. The first-order valence-corrected chi connectivity index (χ1v) is 7.84. The van der Waals surface area contributed by atoms with Crippen LogP contribution in [0.15, 0.2) is 35.6 Å². The average Bonchev–Trinajstić information content (AvgIpc) is 2.91. The molecule has 1 aromatic carbocycles. The standard InChI is InChI=1S/C12H15ClN4O2S/c13-12-5-11(2-1-9(12)6-14)20(18,19)17-4-3-10-7-15-8-16-10/h1-2,5,7-8,17H,3-4,6,14H2,(H,15,16). The molecular weight excluding hydrogens is 300 g/mol. The van der Waals surface area contributed by atoms with Crippen LogP contribution in [0.25, 0.3) is 0 Å². The number of aromatic nitrogens is 2. The molecule has 0 saturated carbocycles. The number of nitrogens with zero attached hydrogens (tertiary/aromatic N) is 1. The molecule has 0 bridgehead atoms. The fourth-order valence-corrected chi connectivity index (χ4v) is 3.07. The van der Waals surface area contributed by atoms with E-state index in [-0.39, 0.29) is 18.0 Å². The summed E-state index contributed by atoms with van der Waals surface area (Å²) in [7, 11) is -3.57. The maximum atomic E-state index is 12.1. The predicted octanol–water partition coefficient (Wildman–Crippen LogP) is 1.04. The highest BCUT2D eigenvalue weighted by atomic mass is 35.5. The van der Waals surface area contributed by atoms with Crippen molar-refractivity contribution in [2.45, 2.75) is 17.9 Å². The molecule has 0 amide bonds. The van der Waals surface area contributed by atoms with Gasteiger partial charge in [0.05, 0.1) is 11.2 Å². The van der Waals surface area contributed by atoms with Crippen LogP contribution >= 0.6 is 11.6 Å². The molecule has 0 aliphatic heterocycles. The number of benzene rings is 1. The zero-order valence-corrected chi connectivity index (χ0v) is 12.2. The predicted molar refractivity (Wildman–Crippen MR) is 76.8 cm³/mol. The van der Waals surface area contributed by atoms with Crippen LogP contribution in [0, 0.1) is 0 Å². The molecule has 0 radical (unpaired) electrons. The summed E-state index contributed by atoms with van der Waals surface area (Å²) in [4.78, 5) is 6.90. The Morgan fingerprint density at radius 1 is 1.40 bits per heavy atom. The molecule has 1 heterocycles. The van der Waals surface area contributed by atoms with Crippen molar-refractivity contribution in [3.8, 4) is 0 Å². The zero-order chi connectivity index (χ0) is 14.6. The van der Waals surface area contributed by atoms with E-state index in [4.69, 9.17) is 17.3 Å². The van der Waals surface area contributed by atoms with E-state index in [1.165, 1.54) is 12.1 Å². The van der Waals surface area contributed by atoms with Crippen LogP contribution in [0.1, 0.15) is 11.3 Å². The molecule has 0 unspecified atom stereocenters. The lowest BCUT2D eigenvalue weighted by molar-refractivity contribution is 0.581. The summed E-state index contributed by atoms with van der Waals surface area (Å²) in [5.74, 6) is 0. The first-order chi connectivity index (χ1) is 9.53. The average molecular weight is 315 g/mol. The van der Waals surface area contributed by atoms with E-state index in [0.717, 1.165) is 5.69 Å². The number of hydrogen-bond donors (Lipinski definition) is 3. The fourth-order valence-electron chi connectivity index (χ4n) is 1.69. The Morgan fingerprint density at radius 2 is 2.20 bits per heavy atom. The van der Waals surface area contributed by atoms with Crippen LogP contribution in [0.5, 0.6) is 0 Å².